The van der Waals surface area contributed by atoms with Crippen LogP contribution in [0.1, 0.15) is 5.56 Å². The van der Waals surface area contributed by atoms with Crippen molar-refractivity contribution in [3.05, 3.63) is 53.6 Å². The third kappa shape index (κ3) is 3.16. The second-order valence-electron chi connectivity index (χ2n) is 4.64. The third-order valence-corrected chi connectivity index (χ3v) is 4.18. The Morgan fingerprint density at radius 3 is 2.90 bits per heavy atom. The van der Waals surface area contributed by atoms with E-state index in [9.17, 15) is 13.6 Å². The summed E-state index contributed by atoms with van der Waals surface area (Å²) in [7, 11) is 0. The van der Waals surface area contributed by atoms with Crippen LogP contribution in [0.5, 0.6) is 0 Å². The molecule has 0 atom stereocenters. The Morgan fingerprint density at radius 1 is 1.19 bits per heavy atom. The molecule has 0 fully saturated rings. The van der Waals surface area contributed by atoms with Gasteiger partial charge in [-0.25, -0.2) is 8.78 Å². The van der Waals surface area contributed by atoms with Crippen LogP contribution >= 0.6 is 11.8 Å². The number of amides is 1. The summed E-state index contributed by atoms with van der Waals surface area (Å²) in [5.41, 5.74) is 1.73. The van der Waals surface area contributed by atoms with Crippen molar-refractivity contribution in [3.63, 3.8) is 0 Å². The fourth-order valence-electron chi connectivity index (χ4n) is 2.07. The molecule has 3 nitrogen and oxygen atoms in total. The van der Waals surface area contributed by atoms with Crippen molar-refractivity contribution >= 4 is 29.0 Å². The van der Waals surface area contributed by atoms with E-state index in [0.29, 0.717) is 5.75 Å². The molecule has 2 aromatic rings. The van der Waals surface area contributed by atoms with E-state index < -0.39 is 11.6 Å². The van der Waals surface area contributed by atoms with E-state index in [0.717, 1.165) is 28.4 Å². The van der Waals surface area contributed by atoms with Gasteiger partial charge in [0.05, 0.1) is 11.4 Å². The molecule has 2 aromatic carbocycles. The normalized spacial score (nSPS) is 13.5. The minimum Gasteiger partial charge on any atom is -0.381 e. The van der Waals surface area contributed by atoms with Crippen LogP contribution in [0, 0.1) is 11.6 Å². The van der Waals surface area contributed by atoms with Crippen molar-refractivity contribution in [2.75, 3.05) is 16.4 Å². The number of rotatable bonds is 3. The van der Waals surface area contributed by atoms with Gasteiger partial charge in [-0.15, -0.1) is 11.8 Å². The molecule has 0 bridgehead atoms. The first-order chi connectivity index (χ1) is 10.1. The second kappa shape index (κ2) is 5.73. The summed E-state index contributed by atoms with van der Waals surface area (Å²) in [4.78, 5) is 12.4. The van der Waals surface area contributed by atoms with Gasteiger partial charge in [0, 0.05) is 22.7 Å². The number of thioether (sulfide) groups is 1. The lowest BCUT2D eigenvalue weighted by atomic mass is 10.2. The lowest BCUT2D eigenvalue weighted by molar-refractivity contribution is -0.113. The van der Waals surface area contributed by atoms with Crippen LogP contribution in [-0.2, 0) is 11.3 Å². The molecular weight excluding hydrogens is 294 g/mol. The molecule has 1 heterocycles. The third-order valence-electron chi connectivity index (χ3n) is 3.10. The maximum absolute atomic E-state index is 13.5. The Kier molecular flexibility index (Phi) is 3.79. The summed E-state index contributed by atoms with van der Waals surface area (Å²) in [5.74, 6) is -0.553. The molecule has 0 unspecified atom stereocenters. The van der Waals surface area contributed by atoms with Crippen molar-refractivity contribution in [1.29, 1.82) is 0 Å². The van der Waals surface area contributed by atoms with E-state index in [4.69, 9.17) is 0 Å². The maximum Gasteiger partial charge on any atom is 0.234 e. The molecule has 6 heteroatoms. The number of carbonyl (C=O) groups is 1. The van der Waals surface area contributed by atoms with Gasteiger partial charge in [-0.1, -0.05) is 0 Å². The van der Waals surface area contributed by atoms with Crippen molar-refractivity contribution in [2.45, 2.75) is 11.4 Å². The number of halogens is 2. The monoisotopic (exact) mass is 306 g/mol. The predicted octanol–water partition coefficient (Wildman–Crippen LogP) is 3.62. The lowest BCUT2D eigenvalue weighted by Gasteiger charge is -2.17. The Bertz CT molecular complexity index is 706. The Labute approximate surface area is 124 Å². The van der Waals surface area contributed by atoms with E-state index >= 15 is 0 Å². The molecule has 0 aromatic heterocycles. The van der Waals surface area contributed by atoms with Crippen molar-refractivity contribution < 1.29 is 13.6 Å². The van der Waals surface area contributed by atoms with E-state index in [-0.39, 0.29) is 18.0 Å². The first kappa shape index (κ1) is 13.9. The summed E-state index contributed by atoms with van der Waals surface area (Å²) >= 11 is 1.47. The molecule has 1 amide bonds. The summed E-state index contributed by atoms with van der Waals surface area (Å²) in [6, 6.07) is 8.89. The van der Waals surface area contributed by atoms with Gasteiger partial charge in [-0.05, 0) is 36.4 Å². The summed E-state index contributed by atoms with van der Waals surface area (Å²) in [6.45, 7) is 0.170. The zero-order valence-electron chi connectivity index (χ0n) is 11.0. The van der Waals surface area contributed by atoms with Gasteiger partial charge in [0.25, 0.3) is 0 Å². The van der Waals surface area contributed by atoms with Crippen LogP contribution < -0.4 is 10.6 Å². The number of fused-ring (bicyclic) bond motifs is 1. The number of anilines is 2. The Morgan fingerprint density at radius 2 is 2.05 bits per heavy atom. The smallest absolute Gasteiger partial charge is 0.234 e. The minimum absolute atomic E-state index is 0.0409. The molecule has 1 aliphatic heterocycles. The van der Waals surface area contributed by atoms with Crippen LogP contribution in [0.4, 0.5) is 20.2 Å². The van der Waals surface area contributed by atoms with E-state index in [2.05, 4.69) is 10.6 Å². The SMILES string of the molecule is O=C1CSc2ccc(NCc3cc(F)ccc3F)cc2N1. The number of benzene rings is 2. The van der Waals surface area contributed by atoms with Gasteiger partial charge in [-0.2, -0.15) is 0 Å². The quantitative estimate of drug-likeness (QED) is 0.910. The van der Waals surface area contributed by atoms with E-state index in [1.807, 2.05) is 12.1 Å². The molecule has 1 aliphatic rings. The van der Waals surface area contributed by atoms with Gasteiger partial charge in [0.2, 0.25) is 5.91 Å². The molecule has 0 radical (unpaired) electrons. The fraction of sp³-hybridized carbons (Fsp3) is 0.133. The molecule has 0 saturated carbocycles. The molecule has 0 saturated heterocycles. The zero-order valence-corrected chi connectivity index (χ0v) is 11.8. The highest BCUT2D eigenvalue weighted by molar-refractivity contribution is 8.00. The largest absolute Gasteiger partial charge is 0.381 e. The van der Waals surface area contributed by atoms with Gasteiger partial charge in [-0.3, -0.25) is 4.79 Å². The van der Waals surface area contributed by atoms with Crippen LogP contribution in [-0.4, -0.2) is 11.7 Å². The number of hydrogen-bond acceptors (Lipinski definition) is 3. The van der Waals surface area contributed by atoms with Crippen LogP contribution in [0.25, 0.3) is 0 Å². The topological polar surface area (TPSA) is 41.1 Å². The standard InChI is InChI=1S/C15H12F2N2OS/c16-10-1-3-12(17)9(5-10)7-18-11-2-4-14-13(6-11)19-15(20)8-21-14/h1-6,18H,7-8H2,(H,19,20). The average molecular weight is 306 g/mol. The van der Waals surface area contributed by atoms with E-state index in [1.165, 1.54) is 17.8 Å². The van der Waals surface area contributed by atoms with Crippen LogP contribution in [0.15, 0.2) is 41.3 Å². The zero-order chi connectivity index (χ0) is 14.8. The van der Waals surface area contributed by atoms with Crippen LogP contribution in [0.2, 0.25) is 0 Å². The van der Waals surface area contributed by atoms with Crippen molar-refractivity contribution in [2.24, 2.45) is 0 Å². The van der Waals surface area contributed by atoms with Crippen molar-refractivity contribution in [3.8, 4) is 0 Å². The maximum atomic E-state index is 13.5. The molecule has 0 aliphatic carbocycles. The first-order valence-corrected chi connectivity index (χ1v) is 7.35. The van der Waals surface area contributed by atoms with Gasteiger partial charge in [0.1, 0.15) is 11.6 Å². The Hall–Kier alpha value is -2.08. The second-order valence-corrected chi connectivity index (χ2v) is 5.65. The molecule has 0 spiro atoms. The van der Waals surface area contributed by atoms with Crippen LogP contribution in [0.3, 0.4) is 0 Å². The summed E-state index contributed by atoms with van der Waals surface area (Å²) in [6.07, 6.45) is 0. The highest BCUT2D eigenvalue weighted by Crippen LogP contribution is 2.33. The minimum atomic E-state index is -0.470. The summed E-state index contributed by atoms with van der Waals surface area (Å²) < 4.78 is 26.6. The molecular formula is C15H12F2N2OS. The van der Waals surface area contributed by atoms with Gasteiger partial charge in [0.15, 0.2) is 0 Å². The average Bonchev–Trinajstić information content (AvgIpc) is 2.47. The number of nitrogens with one attached hydrogen (secondary N) is 2. The highest BCUT2D eigenvalue weighted by atomic mass is 32.2. The number of carbonyl (C=O) groups excluding carboxylic acids is 1. The predicted molar refractivity (Wildman–Crippen MR) is 79.5 cm³/mol. The molecule has 2 N–H and O–H groups in total. The fourth-order valence-corrected chi connectivity index (χ4v) is 2.86. The van der Waals surface area contributed by atoms with Crippen molar-refractivity contribution in [1.82, 2.24) is 0 Å². The van der Waals surface area contributed by atoms with Gasteiger partial charge >= 0.3 is 0 Å². The lowest BCUT2D eigenvalue weighted by Crippen LogP contribution is -2.18. The molecule has 3 rings (SSSR count). The molecule has 21 heavy (non-hydrogen) atoms. The summed E-state index contributed by atoms with van der Waals surface area (Å²) in [5, 5.41) is 5.81. The molecule has 108 valence electrons. The first-order valence-electron chi connectivity index (χ1n) is 6.36. The van der Waals surface area contributed by atoms with E-state index in [1.54, 1.807) is 6.07 Å². The number of hydrogen-bond donors (Lipinski definition) is 2. The highest BCUT2D eigenvalue weighted by Gasteiger charge is 2.15. The Balaban J connectivity index is 1.75. The van der Waals surface area contributed by atoms with Gasteiger partial charge < -0.3 is 10.6 Å².